The number of piperidine rings is 1. The summed E-state index contributed by atoms with van der Waals surface area (Å²) in [6, 6.07) is 10.4. The zero-order valence-corrected chi connectivity index (χ0v) is 13.2. The Morgan fingerprint density at radius 1 is 1.36 bits per heavy atom. The SMILES string of the molecule is Cc1c(C#N)c2ccccc2n1CC(=O)N1CCCCC1C. The lowest BCUT2D eigenvalue weighted by molar-refractivity contribution is -0.135. The number of likely N-dealkylation sites (tertiary alicyclic amines) is 1. The van der Waals surface area contributed by atoms with Crippen LogP contribution in [0.25, 0.3) is 10.9 Å². The van der Waals surface area contributed by atoms with Crippen molar-refractivity contribution in [3.05, 3.63) is 35.5 Å². The smallest absolute Gasteiger partial charge is 0.242 e. The first kappa shape index (κ1) is 14.6. The van der Waals surface area contributed by atoms with Gasteiger partial charge in [-0.1, -0.05) is 18.2 Å². The number of carbonyl (C=O) groups is 1. The summed E-state index contributed by atoms with van der Waals surface area (Å²) < 4.78 is 1.98. The second-order valence-corrected chi connectivity index (χ2v) is 6.11. The van der Waals surface area contributed by atoms with Crippen LogP contribution in [0.1, 0.15) is 37.4 Å². The average Bonchev–Trinajstić information content (AvgIpc) is 2.79. The van der Waals surface area contributed by atoms with Gasteiger partial charge in [0, 0.05) is 23.7 Å². The number of rotatable bonds is 2. The minimum Gasteiger partial charge on any atom is -0.338 e. The van der Waals surface area contributed by atoms with E-state index in [2.05, 4.69) is 13.0 Å². The standard InChI is InChI=1S/C18H21N3O/c1-13-7-5-6-10-20(13)18(22)12-21-14(2)16(11-19)15-8-3-4-9-17(15)21/h3-4,8-9,13H,5-7,10,12H2,1-2H3. The van der Waals surface area contributed by atoms with Gasteiger partial charge in [-0.05, 0) is 39.2 Å². The molecule has 1 amide bonds. The molecular weight excluding hydrogens is 274 g/mol. The van der Waals surface area contributed by atoms with Gasteiger partial charge in [-0.2, -0.15) is 5.26 Å². The molecule has 1 aromatic carbocycles. The number of amides is 1. The molecule has 1 saturated heterocycles. The fourth-order valence-corrected chi connectivity index (χ4v) is 3.47. The molecule has 4 nitrogen and oxygen atoms in total. The van der Waals surface area contributed by atoms with E-state index in [1.807, 2.05) is 40.7 Å². The summed E-state index contributed by atoms with van der Waals surface area (Å²) in [5, 5.41) is 10.3. The predicted molar refractivity (Wildman–Crippen MR) is 86.4 cm³/mol. The van der Waals surface area contributed by atoms with Crippen molar-refractivity contribution in [3.63, 3.8) is 0 Å². The highest BCUT2D eigenvalue weighted by Crippen LogP contribution is 2.26. The molecule has 0 spiro atoms. The van der Waals surface area contributed by atoms with Gasteiger partial charge in [-0.25, -0.2) is 0 Å². The van der Waals surface area contributed by atoms with Crippen molar-refractivity contribution in [2.24, 2.45) is 0 Å². The van der Waals surface area contributed by atoms with Crippen molar-refractivity contribution in [2.45, 2.75) is 45.7 Å². The third-order valence-corrected chi connectivity index (χ3v) is 4.76. The number of benzene rings is 1. The van der Waals surface area contributed by atoms with Crippen LogP contribution in [0.3, 0.4) is 0 Å². The fourth-order valence-electron chi connectivity index (χ4n) is 3.47. The Labute approximate surface area is 130 Å². The number of hydrogen-bond acceptors (Lipinski definition) is 2. The Hall–Kier alpha value is -2.28. The number of para-hydroxylation sites is 1. The van der Waals surface area contributed by atoms with E-state index >= 15 is 0 Å². The van der Waals surface area contributed by atoms with Gasteiger partial charge in [0.05, 0.1) is 11.1 Å². The van der Waals surface area contributed by atoms with Crippen molar-refractivity contribution < 1.29 is 4.79 Å². The molecule has 0 N–H and O–H groups in total. The molecule has 1 atom stereocenters. The Bertz CT molecular complexity index is 754. The van der Waals surface area contributed by atoms with Crippen molar-refractivity contribution in [2.75, 3.05) is 6.54 Å². The number of carbonyl (C=O) groups excluding carboxylic acids is 1. The summed E-state index contributed by atoms with van der Waals surface area (Å²) in [6.07, 6.45) is 3.38. The molecule has 0 bridgehead atoms. The fraction of sp³-hybridized carbons (Fsp3) is 0.444. The van der Waals surface area contributed by atoms with Crippen molar-refractivity contribution in [3.8, 4) is 6.07 Å². The molecule has 2 aromatic rings. The Balaban J connectivity index is 1.96. The Morgan fingerprint density at radius 3 is 2.86 bits per heavy atom. The zero-order valence-electron chi connectivity index (χ0n) is 13.2. The molecule has 1 unspecified atom stereocenters. The van der Waals surface area contributed by atoms with Crippen molar-refractivity contribution >= 4 is 16.8 Å². The van der Waals surface area contributed by atoms with E-state index in [1.165, 1.54) is 6.42 Å². The third-order valence-electron chi connectivity index (χ3n) is 4.76. The first-order valence-electron chi connectivity index (χ1n) is 7.91. The maximum Gasteiger partial charge on any atom is 0.242 e. The molecule has 1 aromatic heterocycles. The van der Waals surface area contributed by atoms with Gasteiger partial charge in [0.2, 0.25) is 5.91 Å². The van der Waals surface area contributed by atoms with Crippen LogP contribution in [0.2, 0.25) is 0 Å². The van der Waals surface area contributed by atoms with Gasteiger partial charge in [0.15, 0.2) is 0 Å². The van der Waals surface area contributed by atoms with Gasteiger partial charge in [-0.15, -0.1) is 0 Å². The van der Waals surface area contributed by atoms with Crippen molar-refractivity contribution in [1.29, 1.82) is 5.26 Å². The number of fused-ring (bicyclic) bond motifs is 1. The summed E-state index contributed by atoms with van der Waals surface area (Å²) in [5.41, 5.74) is 2.52. The van der Waals surface area contributed by atoms with Crippen LogP contribution in [0.15, 0.2) is 24.3 Å². The Morgan fingerprint density at radius 2 is 2.14 bits per heavy atom. The van der Waals surface area contributed by atoms with E-state index in [0.29, 0.717) is 18.2 Å². The first-order chi connectivity index (χ1) is 10.6. The molecule has 0 aliphatic carbocycles. The lowest BCUT2D eigenvalue weighted by atomic mass is 10.0. The molecule has 3 rings (SSSR count). The summed E-state index contributed by atoms with van der Waals surface area (Å²) in [5.74, 6) is 0.153. The highest BCUT2D eigenvalue weighted by molar-refractivity contribution is 5.89. The third kappa shape index (κ3) is 2.37. The lowest BCUT2D eigenvalue weighted by Crippen LogP contribution is -2.43. The van der Waals surface area contributed by atoms with Gasteiger partial charge >= 0.3 is 0 Å². The quantitative estimate of drug-likeness (QED) is 0.854. The Kier molecular flexibility index (Phi) is 3.89. The molecule has 1 fully saturated rings. The zero-order chi connectivity index (χ0) is 15.7. The van der Waals surface area contributed by atoms with E-state index in [9.17, 15) is 10.1 Å². The van der Waals surface area contributed by atoms with E-state index in [1.54, 1.807) is 0 Å². The summed E-state index contributed by atoms with van der Waals surface area (Å²) in [4.78, 5) is 14.7. The first-order valence-corrected chi connectivity index (χ1v) is 7.91. The normalized spacial score (nSPS) is 18.4. The minimum atomic E-state index is 0.153. The molecule has 4 heteroatoms. The second-order valence-electron chi connectivity index (χ2n) is 6.11. The highest BCUT2D eigenvalue weighted by Gasteiger charge is 2.24. The average molecular weight is 295 g/mol. The molecule has 2 heterocycles. The summed E-state index contributed by atoms with van der Waals surface area (Å²) in [6.45, 7) is 5.21. The van der Waals surface area contributed by atoms with Gasteiger partial charge in [0.25, 0.3) is 0 Å². The largest absolute Gasteiger partial charge is 0.338 e. The molecule has 22 heavy (non-hydrogen) atoms. The minimum absolute atomic E-state index is 0.153. The van der Waals surface area contributed by atoms with E-state index in [0.717, 1.165) is 36.0 Å². The van der Waals surface area contributed by atoms with Crippen LogP contribution in [-0.4, -0.2) is 28.0 Å². The number of nitrogens with zero attached hydrogens (tertiary/aromatic N) is 3. The van der Waals surface area contributed by atoms with Crippen LogP contribution in [-0.2, 0) is 11.3 Å². The molecule has 1 aliphatic heterocycles. The monoisotopic (exact) mass is 295 g/mol. The molecular formula is C18H21N3O. The molecule has 114 valence electrons. The lowest BCUT2D eigenvalue weighted by Gasteiger charge is -2.33. The highest BCUT2D eigenvalue weighted by atomic mass is 16.2. The van der Waals surface area contributed by atoms with Crippen LogP contribution in [0.4, 0.5) is 0 Å². The predicted octanol–water partition coefficient (Wildman–Crippen LogP) is 3.22. The second kappa shape index (κ2) is 5.84. The number of nitriles is 1. The molecule has 1 aliphatic rings. The van der Waals surface area contributed by atoms with Gasteiger partial charge in [0.1, 0.15) is 12.6 Å². The number of hydrogen-bond donors (Lipinski definition) is 0. The summed E-state index contributed by atoms with van der Waals surface area (Å²) in [7, 11) is 0. The van der Waals surface area contributed by atoms with Gasteiger partial charge in [-0.3, -0.25) is 4.79 Å². The number of aromatic nitrogens is 1. The van der Waals surface area contributed by atoms with Crippen LogP contribution < -0.4 is 0 Å². The van der Waals surface area contributed by atoms with E-state index in [-0.39, 0.29) is 5.91 Å². The molecule has 0 saturated carbocycles. The molecule has 0 radical (unpaired) electrons. The summed E-state index contributed by atoms with van der Waals surface area (Å²) >= 11 is 0. The van der Waals surface area contributed by atoms with Crippen LogP contribution in [0, 0.1) is 18.3 Å². The maximum absolute atomic E-state index is 12.7. The van der Waals surface area contributed by atoms with Crippen LogP contribution >= 0.6 is 0 Å². The van der Waals surface area contributed by atoms with Gasteiger partial charge < -0.3 is 9.47 Å². The maximum atomic E-state index is 12.7. The van der Waals surface area contributed by atoms with E-state index in [4.69, 9.17) is 0 Å². The van der Waals surface area contributed by atoms with Crippen molar-refractivity contribution in [1.82, 2.24) is 9.47 Å². The van der Waals surface area contributed by atoms with Crippen LogP contribution in [0.5, 0.6) is 0 Å². The topological polar surface area (TPSA) is 49.0 Å². The van der Waals surface area contributed by atoms with E-state index < -0.39 is 0 Å².